The molecule has 2 aromatic carbocycles. The zero-order chi connectivity index (χ0) is 22.2. The molecule has 0 spiro atoms. The van der Waals surface area contributed by atoms with E-state index in [9.17, 15) is 9.59 Å². The largest absolute Gasteiger partial charge is 0.416 e. The SMILES string of the molecule is CC(Cc1nnc(SCC(=O)N(C)CC(=O)Nc2ccccc2Cl)o1)c1ccccc1. The Bertz CT molecular complexity index is 1030. The third-order valence-electron chi connectivity index (χ3n) is 4.57. The lowest BCUT2D eigenvalue weighted by Crippen LogP contribution is -2.36. The maximum Gasteiger partial charge on any atom is 0.277 e. The highest BCUT2D eigenvalue weighted by Crippen LogP contribution is 2.23. The van der Waals surface area contributed by atoms with Crippen molar-refractivity contribution in [2.75, 3.05) is 24.7 Å². The van der Waals surface area contributed by atoms with Gasteiger partial charge < -0.3 is 14.6 Å². The first kappa shape index (κ1) is 22.8. The Labute approximate surface area is 190 Å². The van der Waals surface area contributed by atoms with E-state index in [2.05, 4.69) is 34.6 Å². The van der Waals surface area contributed by atoms with Gasteiger partial charge in [0.1, 0.15) is 0 Å². The molecule has 2 amide bonds. The van der Waals surface area contributed by atoms with Gasteiger partial charge in [0.25, 0.3) is 5.22 Å². The molecule has 1 N–H and O–H groups in total. The normalized spacial score (nSPS) is 11.7. The van der Waals surface area contributed by atoms with Crippen LogP contribution in [0.25, 0.3) is 0 Å². The molecule has 0 aliphatic heterocycles. The number of rotatable bonds is 9. The number of amides is 2. The van der Waals surface area contributed by atoms with Crippen LogP contribution in [0, 0.1) is 0 Å². The Balaban J connectivity index is 1.45. The van der Waals surface area contributed by atoms with Gasteiger partial charge in [0.05, 0.1) is 23.0 Å². The first-order valence-electron chi connectivity index (χ1n) is 9.71. The number of carbonyl (C=O) groups excluding carboxylic acids is 2. The number of nitrogens with zero attached hydrogens (tertiary/aromatic N) is 3. The molecule has 0 aliphatic rings. The number of aromatic nitrogens is 2. The number of halogens is 1. The lowest BCUT2D eigenvalue weighted by Gasteiger charge is -2.16. The summed E-state index contributed by atoms with van der Waals surface area (Å²) in [5.74, 6) is 0.300. The third kappa shape index (κ3) is 6.83. The Hall–Kier alpha value is -2.84. The molecule has 0 radical (unpaired) electrons. The van der Waals surface area contributed by atoms with Crippen LogP contribution in [0.1, 0.15) is 24.3 Å². The molecule has 7 nitrogen and oxygen atoms in total. The molecule has 0 saturated heterocycles. The van der Waals surface area contributed by atoms with Crippen LogP contribution in [0.5, 0.6) is 0 Å². The van der Waals surface area contributed by atoms with Crippen LogP contribution in [0.2, 0.25) is 5.02 Å². The van der Waals surface area contributed by atoms with Crippen molar-refractivity contribution < 1.29 is 14.0 Å². The lowest BCUT2D eigenvalue weighted by molar-refractivity contribution is -0.131. The van der Waals surface area contributed by atoms with Gasteiger partial charge in [-0.15, -0.1) is 10.2 Å². The number of carbonyl (C=O) groups is 2. The molecule has 0 fully saturated rings. The molecule has 0 aliphatic carbocycles. The summed E-state index contributed by atoms with van der Waals surface area (Å²) in [7, 11) is 1.57. The maximum absolute atomic E-state index is 12.3. The van der Waals surface area contributed by atoms with E-state index in [1.165, 1.54) is 10.5 Å². The summed E-state index contributed by atoms with van der Waals surface area (Å²) in [6, 6.07) is 17.0. The molecule has 3 aromatic rings. The minimum Gasteiger partial charge on any atom is -0.416 e. The van der Waals surface area contributed by atoms with Crippen molar-refractivity contribution in [2.24, 2.45) is 0 Å². The average molecular weight is 459 g/mol. The zero-order valence-electron chi connectivity index (χ0n) is 17.2. The van der Waals surface area contributed by atoms with Gasteiger partial charge in [-0.1, -0.05) is 72.8 Å². The number of para-hydroxylation sites is 1. The summed E-state index contributed by atoms with van der Waals surface area (Å²) in [5, 5.41) is 11.5. The fraction of sp³-hybridized carbons (Fsp3) is 0.273. The number of nitrogens with one attached hydrogen (secondary N) is 1. The van der Waals surface area contributed by atoms with Gasteiger partial charge in [-0.05, 0) is 23.6 Å². The molecule has 1 heterocycles. The number of likely N-dealkylation sites (N-methyl/N-ethyl adjacent to an activating group) is 1. The Morgan fingerprint density at radius 2 is 1.84 bits per heavy atom. The second-order valence-electron chi connectivity index (χ2n) is 7.04. The number of thioether (sulfide) groups is 1. The average Bonchev–Trinajstić information content (AvgIpc) is 3.21. The van der Waals surface area contributed by atoms with Crippen molar-refractivity contribution in [1.29, 1.82) is 0 Å². The topological polar surface area (TPSA) is 88.3 Å². The van der Waals surface area contributed by atoms with E-state index in [4.69, 9.17) is 16.0 Å². The molecule has 3 rings (SSSR count). The van der Waals surface area contributed by atoms with Crippen molar-refractivity contribution in [2.45, 2.75) is 24.5 Å². The smallest absolute Gasteiger partial charge is 0.277 e. The van der Waals surface area contributed by atoms with E-state index in [-0.39, 0.29) is 30.0 Å². The first-order valence-corrected chi connectivity index (χ1v) is 11.1. The van der Waals surface area contributed by atoms with Crippen LogP contribution in [-0.4, -0.2) is 46.3 Å². The molecular formula is C22H23ClN4O3S. The molecule has 31 heavy (non-hydrogen) atoms. The molecule has 0 bridgehead atoms. The zero-order valence-corrected chi connectivity index (χ0v) is 18.8. The quantitative estimate of drug-likeness (QED) is 0.482. The van der Waals surface area contributed by atoms with E-state index in [1.807, 2.05) is 18.2 Å². The summed E-state index contributed by atoms with van der Waals surface area (Å²) in [6.45, 7) is 2.01. The summed E-state index contributed by atoms with van der Waals surface area (Å²) in [5.41, 5.74) is 1.70. The van der Waals surface area contributed by atoms with Crippen molar-refractivity contribution in [1.82, 2.24) is 15.1 Å². The minimum atomic E-state index is -0.330. The Morgan fingerprint density at radius 3 is 2.58 bits per heavy atom. The summed E-state index contributed by atoms with van der Waals surface area (Å²) in [6.07, 6.45) is 0.619. The van der Waals surface area contributed by atoms with Gasteiger partial charge in [-0.2, -0.15) is 0 Å². The van der Waals surface area contributed by atoms with Gasteiger partial charge in [0.15, 0.2) is 0 Å². The highest BCUT2D eigenvalue weighted by atomic mass is 35.5. The van der Waals surface area contributed by atoms with E-state index in [0.717, 1.165) is 11.8 Å². The van der Waals surface area contributed by atoms with E-state index in [1.54, 1.807) is 31.3 Å². The molecule has 162 valence electrons. The summed E-state index contributed by atoms with van der Waals surface area (Å²) < 4.78 is 5.66. The van der Waals surface area contributed by atoms with Crippen molar-refractivity contribution in [3.8, 4) is 0 Å². The lowest BCUT2D eigenvalue weighted by atomic mass is 9.98. The molecule has 1 atom stereocenters. The molecular weight excluding hydrogens is 436 g/mol. The van der Waals surface area contributed by atoms with Crippen LogP contribution < -0.4 is 5.32 Å². The van der Waals surface area contributed by atoms with Crippen LogP contribution in [0.15, 0.2) is 64.2 Å². The number of anilines is 1. The maximum atomic E-state index is 12.3. The molecule has 1 aromatic heterocycles. The number of benzene rings is 2. The van der Waals surface area contributed by atoms with E-state index in [0.29, 0.717) is 28.2 Å². The summed E-state index contributed by atoms with van der Waals surface area (Å²) in [4.78, 5) is 25.9. The predicted molar refractivity (Wildman–Crippen MR) is 121 cm³/mol. The highest BCUT2D eigenvalue weighted by molar-refractivity contribution is 7.99. The van der Waals surface area contributed by atoms with Crippen LogP contribution in [-0.2, 0) is 16.0 Å². The number of hydrogen-bond acceptors (Lipinski definition) is 6. The first-order chi connectivity index (χ1) is 14.9. The predicted octanol–water partition coefficient (Wildman–Crippen LogP) is 4.26. The van der Waals surface area contributed by atoms with Gasteiger partial charge in [-0.25, -0.2) is 0 Å². The van der Waals surface area contributed by atoms with Crippen LogP contribution in [0.4, 0.5) is 5.69 Å². The molecule has 9 heteroatoms. The molecule has 1 unspecified atom stereocenters. The van der Waals surface area contributed by atoms with Crippen molar-refractivity contribution in [3.63, 3.8) is 0 Å². The standard InChI is InChI=1S/C22H23ClN4O3S/c1-15(16-8-4-3-5-9-16)12-20-25-26-22(30-20)31-14-21(29)27(2)13-19(28)24-18-11-7-6-10-17(18)23/h3-11,15H,12-14H2,1-2H3,(H,24,28). The van der Waals surface area contributed by atoms with E-state index < -0.39 is 0 Å². The van der Waals surface area contributed by atoms with Crippen molar-refractivity contribution >= 4 is 40.9 Å². The third-order valence-corrected chi connectivity index (χ3v) is 5.70. The van der Waals surface area contributed by atoms with Crippen LogP contribution in [0.3, 0.4) is 0 Å². The van der Waals surface area contributed by atoms with Gasteiger partial charge >= 0.3 is 0 Å². The number of hydrogen-bond donors (Lipinski definition) is 1. The van der Waals surface area contributed by atoms with Crippen molar-refractivity contribution in [3.05, 3.63) is 71.1 Å². The van der Waals surface area contributed by atoms with Gasteiger partial charge in [0, 0.05) is 13.5 Å². The van der Waals surface area contributed by atoms with Gasteiger partial charge in [0.2, 0.25) is 17.7 Å². The fourth-order valence-electron chi connectivity index (χ4n) is 2.83. The Kier molecular flexibility index (Phi) is 8.08. The second-order valence-corrected chi connectivity index (χ2v) is 8.38. The highest BCUT2D eigenvalue weighted by Gasteiger charge is 2.17. The fourth-order valence-corrected chi connectivity index (χ4v) is 3.73. The van der Waals surface area contributed by atoms with E-state index >= 15 is 0 Å². The van der Waals surface area contributed by atoms with Gasteiger partial charge in [-0.3, -0.25) is 9.59 Å². The second kappa shape index (κ2) is 11.0. The minimum absolute atomic E-state index is 0.0890. The Morgan fingerprint density at radius 1 is 1.13 bits per heavy atom. The molecule has 0 saturated carbocycles. The monoisotopic (exact) mass is 458 g/mol. The summed E-state index contributed by atoms with van der Waals surface area (Å²) >= 11 is 7.18. The van der Waals surface area contributed by atoms with Crippen LogP contribution >= 0.6 is 23.4 Å².